The summed E-state index contributed by atoms with van der Waals surface area (Å²) >= 11 is 3.53. The fourth-order valence-corrected chi connectivity index (χ4v) is 2.99. The third-order valence-corrected chi connectivity index (χ3v) is 4.39. The second kappa shape index (κ2) is 7.41. The van der Waals surface area contributed by atoms with Gasteiger partial charge in [0.15, 0.2) is 0 Å². The van der Waals surface area contributed by atoms with E-state index in [-0.39, 0.29) is 0 Å². The summed E-state index contributed by atoms with van der Waals surface area (Å²) in [6, 6.07) is 9.46. The summed E-state index contributed by atoms with van der Waals surface area (Å²) in [5, 5.41) is 3.45. The van der Waals surface area contributed by atoms with Crippen molar-refractivity contribution in [3.05, 3.63) is 34.3 Å². The van der Waals surface area contributed by atoms with Crippen LogP contribution in [0, 0.1) is 5.92 Å². The number of nitrogens with one attached hydrogen (secondary N) is 1. The first kappa shape index (κ1) is 15.0. The van der Waals surface area contributed by atoms with Gasteiger partial charge in [0.2, 0.25) is 0 Å². The smallest absolute Gasteiger partial charge is 0.0349 e. The Morgan fingerprint density at radius 1 is 1.11 bits per heavy atom. The summed E-state index contributed by atoms with van der Waals surface area (Å²) in [6.07, 6.45) is 2.56. The molecule has 19 heavy (non-hydrogen) atoms. The maximum absolute atomic E-state index is 3.53. The van der Waals surface area contributed by atoms with Crippen molar-refractivity contribution in [1.29, 1.82) is 0 Å². The highest BCUT2D eigenvalue weighted by Crippen LogP contribution is 2.28. The molecule has 0 spiro atoms. The molecule has 0 amide bonds. The van der Waals surface area contributed by atoms with Crippen molar-refractivity contribution < 1.29 is 0 Å². The van der Waals surface area contributed by atoms with Gasteiger partial charge in [-0.1, -0.05) is 41.9 Å². The molecule has 1 aliphatic heterocycles. The molecule has 2 rings (SSSR count). The molecule has 0 radical (unpaired) electrons. The van der Waals surface area contributed by atoms with Gasteiger partial charge in [0.05, 0.1) is 0 Å². The highest BCUT2D eigenvalue weighted by Gasteiger charge is 2.22. The minimum absolute atomic E-state index is 0.581. The van der Waals surface area contributed by atoms with Crippen LogP contribution in [0.1, 0.15) is 38.3 Å². The van der Waals surface area contributed by atoms with Crippen LogP contribution in [0.15, 0.2) is 28.7 Å². The van der Waals surface area contributed by atoms with Gasteiger partial charge in [-0.3, -0.25) is 4.90 Å². The number of piperazine rings is 1. The molecule has 0 unspecified atom stereocenters. The van der Waals surface area contributed by atoms with E-state index in [0.29, 0.717) is 6.04 Å². The monoisotopic (exact) mass is 324 g/mol. The van der Waals surface area contributed by atoms with Crippen molar-refractivity contribution in [3.63, 3.8) is 0 Å². The third-order valence-electron chi connectivity index (χ3n) is 3.86. The van der Waals surface area contributed by atoms with Crippen molar-refractivity contribution in [3.8, 4) is 0 Å². The minimum Gasteiger partial charge on any atom is -0.314 e. The zero-order valence-electron chi connectivity index (χ0n) is 12.0. The van der Waals surface area contributed by atoms with Crippen LogP contribution in [0.25, 0.3) is 0 Å². The number of hydrogen-bond donors (Lipinski definition) is 1. The topological polar surface area (TPSA) is 15.3 Å². The largest absolute Gasteiger partial charge is 0.314 e. The predicted molar refractivity (Wildman–Crippen MR) is 85.4 cm³/mol. The first-order chi connectivity index (χ1) is 9.16. The van der Waals surface area contributed by atoms with E-state index in [1.807, 2.05) is 0 Å². The minimum atomic E-state index is 0.581. The summed E-state index contributed by atoms with van der Waals surface area (Å²) < 4.78 is 1.17. The number of nitrogens with zero attached hydrogens (tertiary/aromatic N) is 1. The molecule has 1 N–H and O–H groups in total. The van der Waals surface area contributed by atoms with E-state index in [4.69, 9.17) is 0 Å². The fourth-order valence-electron chi connectivity index (χ4n) is 2.73. The lowest BCUT2D eigenvalue weighted by atomic mass is 9.96. The zero-order valence-corrected chi connectivity index (χ0v) is 13.6. The van der Waals surface area contributed by atoms with Crippen LogP contribution in [0.2, 0.25) is 0 Å². The van der Waals surface area contributed by atoms with Crippen molar-refractivity contribution in [2.45, 2.75) is 32.7 Å². The Balaban J connectivity index is 2.10. The number of benzene rings is 1. The van der Waals surface area contributed by atoms with Crippen LogP contribution in [-0.2, 0) is 0 Å². The normalized spacial score (nSPS) is 18.7. The molecular formula is C16H25BrN2. The summed E-state index contributed by atoms with van der Waals surface area (Å²) in [5.41, 5.74) is 1.46. The first-order valence-electron chi connectivity index (χ1n) is 7.37. The highest BCUT2D eigenvalue weighted by atomic mass is 79.9. The van der Waals surface area contributed by atoms with Gasteiger partial charge in [-0.05, 0) is 36.5 Å². The Morgan fingerprint density at radius 2 is 1.74 bits per heavy atom. The Kier molecular flexibility index (Phi) is 5.86. The van der Waals surface area contributed by atoms with Crippen LogP contribution in [-0.4, -0.2) is 31.1 Å². The number of hydrogen-bond acceptors (Lipinski definition) is 2. The van der Waals surface area contributed by atoms with Crippen molar-refractivity contribution in [2.24, 2.45) is 5.92 Å². The molecule has 1 aliphatic rings. The van der Waals surface area contributed by atoms with E-state index in [2.05, 4.69) is 64.3 Å². The number of rotatable bonds is 5. The van der Waals surface area contributed by atoms with Gasteiger partial charge in [0, 0.05) is 36.7 Å². The molecule has 106 valence electrons. The van der Waals surface area contributed by atoms with Crippen molar-refractivity contribution >= 4 is 15.9 Å². The molecule has 0 aliphatic carbocycles. The lowest BCUT2D eigenvalue weighted by Gasteiger charge is -2.35. The Hall–Kier alpha value is -0.380. The number of halogens is 1. The van der Waals surface area contributed by atoms with Gasteiger partial charge in [-0.2, -0.15) is 0 Å². The maximum atomic E-state index is 3.53. The molecule has 1 heterocycles. The Morgan fingerprint density at radius 3 is 2.32 bits per heavy atom. The Bertz CT molecular complexity index is 369. The molecule has 2 nitrogen and oxygen atoms in total. The third kappa shape index (κ3) is 4.59. The molecule has 1 aromatic rings. The highest BCUT2D eigenvalue weighted by molar-refractivity contribution is 9.10. The second-order valence-electron chi connectivity index (χ2n) is 5.82. The van der Waals surface area contributed by atoms with Crippen molar-refractivity contribution in [2.75, 3.05) is 26.2 Å². The van der Waals surface area contributed by atoms with Crippen LogP contribution < -0.4 is 5.32 Å². The van der Waals surface area contributed by atoms with E-state index in [1.165, 1.54) is 36.0 Å². The van der Waals surface area contributed by atoms with E-state index in [0.717, 1.165) is 19.0 Å². The van der Waals surface area contributed by atoms with Gasteiger partial charge in [-0.25, -0.2) is 0 Å². The molecular weight excluding hydrogens is 300 g/mol. The molecule has 1 atom stereocenters. The SMILES string of the molecule is CC(C)CC[C@H](c1ccc(Br)cc1)N1CCNCC1. The van der Waals surface area contributed by atoms with Gasteiger partial charge in [0.25, 0.3) is 0 Å². The summed E-state index contributed by atoms with van der Waals surface area (Å²) in [5.74, 6) is 0.779. The van der Waals surface area contributed by atoms with Gasteiger partial charge in [-0.15, -0.1) is 0 Å². The van der Waals surface area contributed by atoms with Crippen molar-refractivity contribution in [1.82, 2.24) is 10.2 Å². The first-order valence-corrected chi connectivity index (χ1v) is 8.16. The van der Waals surface area contributed by atoms with Crippen LogP contribution >= 0.6 is 15.9 Å². The standard InChI is InChI=1S/C16H25BrN2/c1-13(2)3-8-16(19-11-9-18-10-12-19)14-4-6-15(17)7-5-14/h4-7,13,16,18H,3,8-12H2,1-2H3/t16-/m1/s1. The van der Waals surface area contributed by atoms with Crippen LogP contribution in [0.4, 0.5) is 0 Å². The van der Waals surface area contributed by atoms with Gasteiger partial charge >= 0.3 is 0 Å². The lowest BCUT2D eigenvalue weighted by molar-refractivity contribution is 0.160. The molecule has 0 bridgehead atoms. The molecule has 3 heteroatoms. The Labute approximate surface area is 125 Å². The summed E-state index contributed by atoms with van der Waals surface area (Å²) in [6.45, 7) is 9.20. The average molecular weight is 325 g/mol. The second-order valence-corrected chi connectivity index (χ2v) is 6.74. The van der Waals surface area contributed by atoms with Gasteiger partial charge < -0.3 is 5.32 Å². The molecule has 1 fully saturated rings. The van der Waals surface area contributed by atoms with Crippen LogP contribution in [0.5, 0.6) is 0 Å². The summed E-state index contributed by atoms with van der Waals surface area (Å²) in [7, 11) is 0. The van der Waals surface area contributed by atoms with E-state index in [1.54, 1.807) is 0 Å². The zero-order chi connectivity index (χ0) is 13.7. The predicted octanol–water partition coefficient (Wildman–Crippen LogP) is 3.83. The molecule has 1 aromatic carbocycles. The van der Waals surface area contributed by atoms with E-state index < -0.39 is 0 Å². The molecule has 0 saturated carbocycles. The van der Waals surface area contributed by atoms with Gasteiger partial charge in [0.1, 0.15) is 0 Å². The average Bonchev–Trinajstić information content (AvgIpc) is 2.42. The van der Waals surface area contributed by atoms with Crippen LogP contribution in [0.3, 0.4) is 0 Å². The maximum Gasteiger partial charge on any atom is 0.0349 e. The molecule has 0 aromatic heterocycles. The summed E-state index contributed by atoms with van der Waals surface area (Å²) in [4.78, 5) is 2.64. The molecule has 1 saturated heterocycles. The van der Waals surface area contributed by atoms with E-state index in [9.17, 15) is 0 Å². The quantitative estimate of drug-likeness (QED) is 0.885. The fraction of sp³-hybridized carbons (Fsp3) is 0.625. The van der Waals surface area contributed by atoms with E-state index >= 15 is 0 Å². The lowest BCUT2D eigenvalue weighted by Crippen LogP contribution is -2.45.